The van der Waals surface area contributed by atoms with Crippen molar-refractivity contribution in [2.24, 2.45) is 0 Å². The summed E-state index contributed by atoms with van der Waals surface area (Å²) in [7, 11) is -2.37. The fraction of sp³-hybridized carbons (Fsp3) is 0.250. The number of esters is 1. The Morgan fingerprint density at radius 1 is 0.750 bits per heavy atom. The predicted molar refractivity (Wildman–Crippen MR) is 189 cm³/mol. The van der Waals surface area contributed by atoms with E-state index in [0.29, 0.717) is 48.9 Å². The van der Waals surface area contributed by atoms with Crippen LogP contribution in [0.15, 0.2) is 138 Å². The highest BCUT2D eigenvalue weighted by Gasteiger charge is 2.41. The molecule has 1 aromatic heterocycles. The maximum atomic E-state index is 13.5. The lowest BCUT2D eigenvalue weighted by Gasteiger charge is -2.37. The molecule has 0 saturated heterocycles. The van der Waals surface area contributed by atoms with Gasteiger partial charge >= 0.3 is 5.97 Å². The smallest absolute Gasteiger partial charge is 0.337 e. The first-order valence-corrected chi connectivity index (χ1v) is 17.8. The van der Waals surface area contributed by atoms with Crippen LogP contribution in [0.5, 0.6) is 0 Å². The number of hydrogen-bond acceptors (Lipinski definition) is 6. The minimum Gasteiger partial charge on any atom is -0.512 e. The minimum absolute atomic E-state index is 0.0176. The van der Waals surface area contributed by atoms with Crippen LogP contribution in [0.25, 0.3) is 10.9 Å². The largest absolute Gasteiger partial charge is 0.512 e. The highest BCUT2D eigenvalue weighted by Crippen LogP contribution is 2.38. The molecule has 8 heteroatoms. The Balaban J connectivity index is 1.12. The van der Waals surface area contributed by atoms with Gasteiger partial charge in [0.2, 0.25) is 0 Å². The molecule has 0 spiro atoms. The molecular formula is C40H40N2O5S. The van der Waals surface area contributed by atoms with Crippen molar-refractivity contribution in [1.29, 1.82) is 0 Å². The van der Waals surface area contributed by atoms with E-state index in [1.165, 1.54) is 17.4 Å². The second-order valence-corrected chi connectivity index (χ2v) is 14.4. The lowest BCUT2D eigenvalue weighted by Crippen LogP contribution is -2.41. The van der Waals surface area contributed by atoms with E-state index in [9.17, 15) is 18.3 Å². The number of benzene rings is 4. The highest BCUT2D eigenvalue weighted by atomic mass is 32.2. The third-order valence-electron chi connectivity index (χ3n) is 9.18. The van der Waals surface area contributed by atoms with Gasteiger partial charge in [0.1, 0.15) is 11.4 Å². The van der Waals surface area contributed by atoms with Gasteiger partial charge in [-0.3, -0.25) is 4.31 Å². The molecule has 1 N–H and O–H groups in total. The SMILES string of the molecule is CN(c1cccc(CCCC2=C(O)CC(CCc3ccccc3)(CCc3ccccc3)OC2=O)c1)S(=O)(=O)c1ccc2ccccc2n1. The molecule has 6 rings (SSSR count). The number of rotatable bonds is 13. The summed E-state index contributed by atoms with van der Waals surface area (Å²) in [5.41, 5.74) is 3.91. The summed E-state index contributed by atoms with van der Waals surface area (Å²) in [4.78, 5) is 17.8. The second-order valence-electron chi connectivity index (χ2n) is 12.5. The number of cyclic esters (lactones) is 1. The van der Waals surface area contributed by atoms with Crippen LogP contribution in [0.2, 0.25) is 0 Å². The van der Waals surface area contributed by atoms with Gasteiger partial charge in [-0.1, -0.05) is 91.0 Å². The van der Waals surface area contributed by atoms with Crippen LogP contribution in [0, 0.1) is 0 Å². The Labute approximate surface area is 282 Å². The number of aliphatic hydroxyl groups is 1. The number of anilines is 1. The Morgan fingerprint density at radius 2 is 1.38 bits per heavy atom. The molecule has 0 fully saturated rings. The third kappa shape index (κ3) is 7.60. The van der Waals surface area contributed by atoms with Gasteiger partial charge in [-0.2, -0.15) is 8.42 Å². The van der Waals surface area contributed by atoms with Crippen molar-refractivity contribution in [2.45, 2.75) is 62.0 Å². The molecule has 0 saturated carbocycles. The number of aromatic nitrogens is 1. The van der Waals surface area contributed by atoms with E-state index in [0.717, 1.165) is 34.9 Å². The van der Waals surface area contributed by atoms with Crippen LogP contribution in [0.4, 0.5) is 5.69 Å². The average Bonchev–Trinajstić information content (AvgIpc) is 3.11. The molecule has 0 bridgehead atoms. The fourth-order valence-electron chi connectivity index (χ4n) is 6.36. The summed E-state index contributed by atoms with van der Waals surface area (Å²) in [5, 5.41) is 12.1. The van der Waals surface area contributed by atoms with Gasteiger partial charge in [0.05, 0.1) is 16.8 Å². The summed E-state index contributed by atoms with van der Waals surface area (Å²) >= 11 is 0. The summed E-state index contributed by atoms with van der Waals surface area (Å²) in [6, 6.07) is 38.3. The van der Waals surface area contributed by atoms with E-state index in [2.05, 4.69) is 29.2 Å². The molecule has 2 heterocycles. The maximum Gasteiger partial charge on any atom is 0.337 e. The number of carbonyl (C=O) groups excluding carboxylic acids is 1. The number of pyridine rings is 1. The van der Waals surface area contributed by atoms with Crippen molar-refractivity contribution < 1.29 is 23.1 Å². The van der Waals surface area contributed by atoms with Gasteiger partial charge in [-0.15, -0.1) is 0 Å². The van der Waals surface area contributed by atoms with Crippen molar-refractivity contribution in [3.05, 3.63) is 149 Å². The van der Waals surface area contributed by atoms with E-state index < -0.39 is 21.6 Å². The van der Waals surface area contributed by atoms with Crippen LogP contribution in [0.1, 0.15) is 48.8 Å². The van der Waals surface area contributed by atoms with Crippen LogP contribution in [-0.4, -0.2) is 37.1 Å². The molecule has 0 aliphatic carbocycles. The molecule has 246 valence electrons. The molecule has 1 aliphatic heterocycles. The standard InChI is InChI=1S/C40H40N2O5S/c1-42(48(45,46)38-23-22-33-18-8-9-21-36(33)41-38)34-19-10-16-32(28-34)17-11-20-35-37(43)29-40(47-39(35)44,26-24-30-12-4-2-5-13-30)27-25-31-14-6-3-7-15-31/h2-10,12-16,18-19,21-23,28,43H,11,17,20,24-27,29H2,1H3. The topological polar surface area (TPSA) is 96.8 Å². The summed E-state index contributed by atoms with van der Waals surface area (Å²) in [5.74, 6) is -0.350. The third-order valence-corrected chi connectivity index (χ3v) is 10.9. The van der Waals surface area contributed by atoms with Crippen LogP contribution in [0.3, 0.4) is 0 Å². The van der Waals surface area contributed by atoms with Crippen molar-refractivity contribution in [2.75, 3.05) is 11.4 Å². The van der Waals surface area contributed by atoms with Crippen molar-refractivity contribution in [3.8, 4) is 0 Å². The molecule has 5 aromatic rings. The monoisotopic (exact) mass is 660 g/mol. The molecule has 48 heavy (non-hydrogen) atoms. The van der Waals surface area contributed by atoms with E-state index in [1.807, 2.05) is 72.8 Å². The molecule has 1 aliphatic rings. The van der Waals surface area contributed by atoms with E-state index in [4.69, 9.17) is 4.74 Å². The number of ether oxygens (including phenoxy) is 1. The highest BCUT2D eigenvalue weighted by molar-refractivity contribution is 7.92. The van der Waals surface area contributed by atoms with Crippen LogP contribution in [-0.2, 0) is 38.8 Å². The first-order valence-electron chi connectivity index (χ1n) is 16.4. The number of hydrogen-bond donors (Lipinski definition) is 1. The minimum atomic E-state index is -3.89. The molecule has 0 atom stereocenters. The van der Waals surface area contributed by atoms with Gasteiger partial charge in [0, 0.05) is 18.9 Å². The number of carbonyl (C=O) groups is 1. The zero-order chi connectivity index (χ0) is 33.6. The molecule has 0 amide bonds. The Kier molecular flexibility index (Phi) is 9.92. The van der Waals surface area contributed by atoms with Crippen LogP contribution >= 0.6 is 0 Å². The fourth-order valence-corrected chi connectivity index (χ4v) is 7.48. The normalized spacial score (nSPS) is 14.6. The molecule has 0 radical (unpaired) electrons. The number of sulfonamides is 1. The van der Waals surface area contributed by atoms with Crippen molar-refractivity contribution >= 4 is 32.6 Å². The molecule has 0 unspecified atom stereocenters. The van der Waals surface area contributed by atoms with Gasteiger partial charge < -0.3 is 9.84 Å². The molecule has 7 nitrogen and oxygen atoms in total. The summed E-state index contributed by atoms with van der Waals surface area (Å²) in [6.07, 6.45) is 4.53. The number of aliphatic hydroxyl groups excluding tert-OH is 1. The van der Waals surface area contributed by atoms with E-state index in [1.54, 1.807) is 18.2 Å². The number of aryl methyl sites for hydroxylation is 3. The Morgan fingerprint density at radius 3 is 2.04 bits per heavy atom. The maximum absolute atomic E-state index is 13.5. The van der Waals surface area contributed by atoms with Gasteiger partial charge in [0.25, 0.3) is 10.0 Å². The zero-order valence-electron chi connectivity index (χ0n) is 27.1. The average molecular weight is 661 g/mol. The van der Waals surface area contributed by atoms with Gasteiger partial charge in [-0.05, 0) is 92.0 Å². The predicted octanol–water partition coefficient (Wildman–Crippen LogP) is 8.15. The van der Waals surface area contributed by atoms with Gasteiger partial charge in [-0.25, -0.2) is 9.78 Å². The first-order chi connectivity index (χ1) is 23.2. The first kappa shape index (κ1) is 33.0. The molecular weight excluding hydrogens is 621 g/mol. The van der Waals surface area contributed by atoms with Gasteiger partial charge in [0.15, 0.2) is 5.03 Å². The quantitative estimate of drug-likeness (QED) is 0.128. The number of para-hydroxylation sites is 1. The Bertz CT molecular complexity index is 1980. The second kappa shape index (κ2) is 14.4. The number of fused-ring (bicyclic) bond motifs is 1. The van der Waals surface area contributed by atoms with Crippen LogP contribution < -0.4 is 4.31 Å². The lowest BCUT2D eigenvalue weighted by molar-refractivity contribution is -0.160. The number of nitrogens with zero attached hydrogens (tertiary/aromatic N) is 2. The van der Waals surface area contributed by atoms with Crippen molar-refractivity contribution in [1.82, 2.24) is 4.98 Å². The molecule has 4 aromatic carbocycles. The summed E-state index contributed by atoms with van der Waals surface area (Å²) < 4.78 is 34.4. The van der Waals surface area contributed by atoms with E-state index in [-0.39, 0.29) is 17.2 Å². The van der Waals surface area contributed by atoms with Crippen molar-refractivity contribution in [3.63, 3.8) is 0 Å². The Hall–Kier alpha value is -4.95. The zero-order valence-corrected chi connectivity index (χ0v) is 27.9. The van der Waals surface area contributed by atoms with E-state index >= 15 is 0 Å². The lowest BCUT2D eigenvalue weighted by atomic mass is 9.82. The summed E-state index contributed by atoms with van der Waals surface area (Å²) in [6.45, 7) is 0.